The second-order valence-corrected chi connectivity index (χ2v) is 6.51. The van der Waals surface area contributed by atoms with Gasteiger partial charge in [0.1, 0.15) is 0 Å². The number of carbonyl (C=O) groups is 2. The molecule has 6 nitrogen and oxygen atoms in total. The monoisotopic (exact) mass is 388 g/mol. The topological polar surface area (TPSA) is 115 Å². The van der Waals surface area contributed by atoms with Crippen molar-refractivity contribution in [1.82, 2.24) is 0 Å². The van der Waals surface area contributed by atoms with E-state index >= 15 is 0 Å². The van der Waals surface area contributed by atoms with Crippen molar-refractivity contribution in [2.24, 2.45) is 11.8 Å². The number of aromatic carboxylic acids is 2. The van der Waals surface area contributed by atoms with Crippen molar-refractivity contribution in [1.29, 1.82) is 0 Å². The fourth-order valence-electron chi connectivity index (χ4n) is 2.95. The van der Waals surface area contributed by atoms with Crippen LogP contribution in [0.2, 0.25) is 0 Å². The first-order valence-corrected chi connectivity index (χ1v) is 9.28. The minimum Gasteiger partial charge on any atom is -0.478 e. The Bertz CT molecular complexity index is 627. The molecule has 28 heavy (non-hydrogen) atoms. The summed E-state index contributed by atoms with van der Waals surface area (Å²) in [7, 11) is 0. The van der Waals surface area contributed by atoms with Crippen molar-refractivity contribution in [3.05, 3.63) is 71.8 Å². The van der Waals surface area contributed by atoms with E-state index in [1.807, 2.05) is 0 Å². The third-order valence-corrected chi connectivity index (χ3v) is 4.58. The summed E-state index contributed by atoms with van der Waals surface area (Å²) in [5.41, 5.74) is 0.662. The summed E-state index contributed by atoms with van der Waals surface area (Å²) >= 11 is 0. The Balaban J connectivity index is 0.000000210. The van der Waals surface area contributed by atoms with Gasteiger partial charge in [0.2, 0.25) is 0 Å². The molecule has 0 unspecified atom stereocenters. The summed E-state index contributed by atoms with van der Waals surface area (Å²) in [6.07, 6.45) is 4.96. The van der Waals surface area contributed by atoms with Gasteiger partial charge >= 0.3 is 11.9 Å². The van der Waals surface area contributed by atoms with Crippen LogP contribution < -0.4 is 0 Å². The zero-order valence-electron chi connectivity index (χ0n) is 15.8. The van der Waals surface area contributed by atoms with Crippen LogP contribution in [-0.4, -0.2) is 45.6 Å². The molecule has 0 radical (unpaired) electrons. The first-order chi connectivity index (χ1) is 13.5. The van der Waals surface area contributed by atoms with Crippen LogP contribution in [0.1, 0.15) is 46.4 Å². The maximum absolute atomic E-state index is 10.2. The van der Waals surface area contributed by atoms with Crippen molar-refractivity contribution in [3.8, 4) is 0 Å². The third-order valence-electron chi connectivity index (χ3n) is 4.58. The molecule has 1 aliphatic carbocycles. The summed E-state index contributed by atoms with van der Waals surface area (Å²) in [6.45, 7) is 0.308. The molecule has 0 amide bonds. The van der Waals surface area contributed by atoms with E-state index in [1.165, 1.54) is 25.7 Å². The van der Waals surface area contributed by atoms with Gasteiger partial charge in [-0.2, -0.15) is 0 Å². The van der Waals surface area contributed by atoms with Crippen molar-refractivity contribution < 1.29 is 30.0 Å². The Morgan fingerprint density at radius 1 is 0.750 bits per heavy atom. The zero-order valence-corrected chi connectivity index (χ0v) is 15.8. The number of hydrogen-bond donors (Lipinski definition) is 4. The fraction of sp³-hybridized carbons (Fsp3) is 0.364. The largest absolute Gasteiger partial charge is 0.478 e. The first kappa shape index (κ1) is 23.3. The predicted octanol–water partition coefficient (Wildman–Crippen LogP) is 3.55. The smallest absolute Gasteiger partial charge is 0.335 e. The molecule has 0 spiro atoms. The van der Waals surface area contributed by atoms with E-state index in [2.05, 4.69) is 0 Å². The number of benzene rings is 2. The molecule has 1 aliphatic rings. The first-order valence-electron chi connectivity index (χ1n) is 9.28. The summed E-state index contributed by atoms with van der Waals surface area (Å²) in [6, 6.07) is 16.6. The Hall–Kier alpha value is -2.70. The standard InChI is InChI=1S/C8H16O2.2C7H6O2/c9-5-8(6-10)7-3-1-2-4-7;2*8-7(9)6-4-2-1-3-5-6/h7-10H,1-6H2;2*1-5H,(H,8,9). The molecule has 1 saturated carbocycles. The van der Waals surface area contributed by atoms with Gasteiger partial charge in [-0.25, -0.2) is 9.59 Å². The van der Waals surface area contributed by atoms with Gasteiger partial charge in [-0.1, -0.05) is 62.1 Å². The van der Waals surface area contributed by atoms with Crippen LogP contribution in [0.25, 0.3) is 0 Å². The number of hydrogen-bond acceptors (Lipinski definition) is 4. The van der Waals surface area contributed by atoms with Gasteiger partial charge in [0.15, 0.2) is 0 Å². The van der Waals surface area contributed by atoms with Gasteiger partial charge in [0.05, 0.1) is 11.1 Å². The van der Waals surface area contributed by atoms with Gasteiger partial charge in [0.25, 0.3) is 0 Å². The minimum absolute atomic E-state index is 0.154. The molecule has 6 heteroatoms. The molecule has 2 aromatic rings. The molecule has 152 valence electrons. The Labute approximate surface area is 165 Å². The second-order valence-electron chi connectivity index (χ2n) is 6.51. The quantitative estimate of drug-likeness (QED) is 0.623. The molecule has 0 aromatic heterocycles. The molecule has 0 aliphatic heterocycles. The van der Waals surface area contributed by atoms with Crippen LogP contribution in [0.15, 0.2) is 60.7 Å². The van der Waals surface area contributed by atoms with Gasteiger partial charge in [0, 0.05) is 19.1 Å². The minimum atomic E-state index is -0.879. The Kier molecular flexibility index (Phi) is 11.2. The second kappa shape index (κ2) is 13.5. The zero-order chi connectivity index (χ0) is 20.8. The average molecular weight is 388 g/mol. The van der Waals surface area contributed by atoms with Crippen LogP contribution in [-0.2, 0) is 0 Å². The summed E-state index contributed by atoms with van der Waals surface area (Å²) in [5, 5.41) is 34.4. The molecule has 4 N–H and O–H groups in total. The molecule has 0 heterocycles. The van der Waals surface area contributed by atoms with Gasteiger partial charge < -0.3 is 20.4 Å². The molecular formula is C22H28O6. The number of rotatable bonds is 5. The van der Waals surface area contributed by atoms with E-state index in [0.29, 0.717) is 17.0 Å². The number of carboxylic acid groups (broad SMARTS) is 2. The summed E-state index contributed by atoms with van der Waals surface area (Å²) in [5.74, 6) is -1.01. The van der Waals surface area contributed by atoms with E-state index in [1.54, 1.807) is 60.7 Å². The molecule has 0 saturated heterocycles. The summed E-state index contributed by atoms with van der Waals surface area (Å²) in [4.78, 5) is 20.4. The van der Waals surface area contributed by atoms with Crippen LogP contribution in [0.3, 0.4) is 0 Å². The maximum atomic E-state index is 10.2. The highest BCUT2D eigenvalue weighted by Crippen LogP contribution is 2.30. The molecule has 0 bridgehead atoms. The van der Waals surface area contributed by atoms with E-state index in [9.17, 15) is 9.59 Å². The highest BCUT2D eigenvalue weighted by atomic mass is 16.4. The van der Waals surface area contributed by atoms with Gasteiger partial charge in [-0.05, 0) is 30.2 Å². The molecular weight excluding hydrogens is 360 g/mol. The van der Waals surface area contributed by atoms with Crippen LogP contribution >= 0.6 is 0 Å². The van der Waals surface area contributed by atoms with Crippen molar-refractivity contribution >= 4 is 11.9 Å². The lowest BCUT2D eigenvalue weighted by Crippen LogP contribution is -2.19. The van der Waals surface area contributed by atoms with Crippen molar-refractivity contribution in [2.75, 3.05) is 13.2 Å². The van der Waals surface area contributed by atoms with Gasteiger partial charge in [-0.3, -0.25) is 0 Å². The lowest BCUT2D eigenvalue weighted by Gasteiger charge is -2.17. The predicted molar refractivity (Wildman–Crippen MR) is 106 cm³/mol. The Morgan fingerprint density at radius 3 is 1.36 bits per heavy atom. The van der Waals surface area contributed by atoms with Gasteiger partial charge in [-0.15, -0.1) is 0 Å². The third kappa shape index (κ3) is 8.79. The summed E-state index contributed by atoms with van der Waals surface area (Å²) < 4.78 is 0. The number of aliphatic hydroxyl groups is 2. The van der Waals surface area contributed by atoms with Crippen LogP contribution in [0.4, 0.5) is 0 Å². The van der Waals surface area contributed by atoms with E-state index < -0.39 is 11.9 Å². The molecule has 0 atom stereocenters. The highest BCUT2D eigenvalue weighted by molar-refractivity contribution is 5.87. The van der Waals surface area contributed by atoms with E-state index in [-0.39, 0.29) is 19.1 Å². The molecule has 1 fully saturated rings. The van der Waals surface area contributed by atoms with Crippen LogP contribution in [0, 0.1) is 11.8 Å². The average Bonchev–Trinajstić information content (AvgIpc) is 3.26. The van der Waals surface area contributed by atoms with E-state index in [4.69, 9.17) is 20.4 Å². The van der Waals surface area contributed by atoms with Crippen LogP contribution in [0.5, 0.6) is 0 Å². The van der Waals surface area contributed by atoms with E-state index in [0.717, 1.165) is 0 Å². The normalized spacial score (nSPS) is 13.1. The number of aliphatic hydroxyl groups excluding tert-OH is 2. The number of carboxylic acids is 2. The lowest BCUT2D eigenvalue weighted by atomic mass is 9.92. The molecule has 3 rings (SSSR count). The Morgan fingerprint density at radius 2 is 1.11 bits per heavy atom. The molecule has 2 aromatic carbocycles. The lowest BCUT2D eigenvalue weighted by molar-refractivity contribution is 0.0686. The maximum Gasteiger partial charge on any atom is 0.335 e. The fourth-order valence-corrected chi connectivity index (χ4v) is 2.95. The van der Waals surface area contributed by atoms with Crippen molar-refractivity contribution in [2.45, 2.75) is 25.7 Å². The SMILES string of the molecule is O=C(O)c1ccccc1.O=C(O)c1ccccc1.OCC(CO)C1CCCC1. The highest BCUT2D eigenvalue weighted by Gasteiger charge is 2.23. The van der Waals surface area contributed by atoms with Crippen molar-refractivity contribution in [3.63, 3.8) is 0 Å².